The van der Waals surface area contributed by atoms with Crippen molar-refractivity contribution in [2.24, 2.45) is 5.92 Å². The van der Waals surface area contributed by atoms with Crippen molar-refractivity contribution in [3.8, 4) is 0 Å². The Labute approximate surface area is 331 Å². The van der Waals surface area contributed by atoms with E-state index in [0.717, 1.165) is 25.0 Å². The maximum atomic E-state index is 13.9. The van der Waals surface area contributed by atoms with E-state index in [1.165, 1.54) is 24.3 Å². The van der Waals surface area contributed by atoms with Crippen LogP contribution in [0.25, 0.3) is 5.57 Å². The number of ketones is 1. The normalized spacial score (nSPS) is 18.2. The number of carbonyl (C=O) groups is 6. The highest BCUT2D eigenvalue weighted by atomic mass is 31.2. The first kappa shape index (κ1) is 46.6. The number of phosphoric ester groups is 1. The third-order valence-electron chi connectivity index (χ3n) is 9.19. The van der Waals surface area contributed by atoms with Gasteiger partial charge in [0.15, 0.2) is 5.78 Å². The van der Waals surface area contributed by atoms with Crippen molar-refractivity contribution in [3.05, 3.63) is 60.7 Å². The minimum atomic E-state index is -5.05. The summed E-state index contributed by atoms with van der Waals surface area (Å²) in [5, 5.41) is 20.0. The van der Waals surface area contributed by atoms with E-state index in [9.17, 15) is 38.4 Å². The molecule has 314 valence electrons. The second-order valence-corrected chi connectivity index (χ2v) is 15.5. The molecule has 1 aromatic heterocycles. The fraction of sp³-hybridized carbons (Fsp3) is 0.541. The predicted molar refractivity (Wildman–Crippen MR) is 205 cm³/mol. The number of Topliss-reactive ketones (excluding diaryl/α,β-unsaturated/α-hetero) is 1. The maximum Gasteiger partial charge on any atom is 0.469 e. The van der Waals surface area contributed by atoms with Crippen LogP contribution >= 0.6 is 7.82 Å². The van der Waals surface area contributed by atoms with Crippen molar-refractivity contribution < 1.29 is 57.5 Å². The van der Waals surface area contributed by atoms with Crippen molar-refractivity contribution in [2.45, 2.75) is 103 Å². The third-order valence-corrected chi connectivity index (χ3v) is 9.79. The molecular weight excluding hydrogens is 765 g/mol. The number of carbonyl (C=O) groups excluding carboxylic acids is 6. The first-order chi connectivity index (χ1) is 26.8. The van der Waals surface area contributed by atoms with Gasteiger partial charge in [-0.05, 0) is 43.7 Å². The summed E-state index contributed by atoms with van der Waals surface area (Å²) in [4.78, 5) is 106. The van der Waals surface area contributed by atoms with Crippen LogP contribution in [-0.4, -0.2) is 127 Å². The molecule has 19 nitrogen and oxygen atoms in total. The van der Waals surface area contributed by atoms with Gasteiger partial charge in [-0.3, -0.25) is 33.3 Å². The smallest absolute Gasteiger partial charge is 0.394 e. The number of hydrogen-bond donors (Lipinski definition) is 8. The number of aromatic nitrogens is 2. The zero-order valence-electron chi connectivity index (χ0n) is 32.7. The standard InChI is InChI=1S/C37H54N7O12P/c1-21(2)14-29(41-37(51)32-16-28(18-44(32)25(6)47)55-13-12-22(3)26-10-8-7-9-11-26)34(48)40-30(15-27-17-38-20-39-27)35(49)42-31(19-45)36(50)43-33(23(4)46)24(5)56-57(52,53)54/h7-11,17,20-21,24,28-33,45H,3,12-16,18-19H2,1-2,4-6H3,(H,38,39)(H,40,48)(H,41,51)(H,42,49)(H,43,50)(H2,52,53,54)/t24-,28?,29+,30+,31+,32+,33-/m1/s1. The fourth-order valence-corrected chi connectivity index (χ4v) is 6.85. The number of aliphatic hydroxyl groups excluding tert-OH is 1. The summed E-state index contributed by atoms with van der Waals surface area (Å²) < 4.78 is 21.9. The molecule has 20 heteroatoms. The van der Waals surface area contributed by atoms with Crippen molar-refractivity contribution in [1.29, 1.82) is 0 Å². The van der Waals surface area contributed by atoms with Crippen LogP contribution in [0.1, 0.15) is 65.1 Å². The number of H-pyrrole nitrogens is 1. The number of imidazole rings is 1. The number of phosphoric acid groups is 1. The van der Waals surface area contributed by atoms with Crippen LogP contribution in [0.2, 0.25) is 0 Å². The second-order valence-electron chi connectivity index (χ2n) is 14.3. The Bertz CT molecular complexity index is 1750. The Kier molecular flexibility index (Phi) is 17.7. The zero-order chi connectivity index (χ0) is 42.4. The van der Waals surface area contributed by atoms with E-state index in [1.54, 1.807) is 0 Å². The molecule has 1 unspecified atom stereocenters. The van der Waals surface area contributed by atoms with E-state index >= 15 is 0 Å². The number of aromatic amines is 1. The summed E-state index contributed by atoms with van der Waals surface area (Å²) in [6.07, 6.45) is 1.52. The van der Waals surface area contributed by atoms with Gasteiger partial charge >= 0.3 is 7.82 Å². The molecule has 5 amide bonds. The molecule has 0 radical (unpaired) electrons. The van der Waals surface area contributed by atoms with Crippen LogP contribution in [0.5, 0.6) is 0 Å². The zero-order valence-corrected chi connectivity index (χ0v) is 33.6. The summed E-state index contributed by atoms with van der Waals surface area (Å²) in [7, 11) is -5.05. The highest BCUT2D eigenvalue weighted by molar-refractivity contribution is 7.46. The molecule has 7 atom stereocenters. The molecule has 1 aromatic carbocycles. The lowest BCUT2D eigenvalue weighted by Gasteiger charge is -2.28. The fourth-order valence-electron chi connectivity index (χ4n) is 6.30. The average Bonchev–Trinajstić information content (AvgIpc) is 3.82. The van der Waals surface area contributed by atoms with Crippen LogP contribution in [-0.2, 0) is 49.0 Å². The molecule has 8 N–H and O–H groups in total. The summed E-state index contributed by atoms with van der Waals surface area (Å²) >= 11 is 0. The molecule has 1 aliphatic rings. The van der Waals surface area contributed by atoms with E-state index in [4.69, 9.17) is 14.5 Å². The van der Waals surface area contributed by atoms with Crippen LogP contribution in [0.3, 0.4) is 0 Å². The molecule has 2 heterocycles. The Morgan fingerprint density at radius 1 is 0.965 bits per heavy atom. The Hall–Kier alpha value is -4.78. The molecule has 0 spiro atoms. The lowest BCUT2D eigenvalue weighted by Crippen LogP contribution is -2.60. The quantitative estimate of drug-likeness (QED) is 0.0735. The second kappa shape index (κ2) is 21.7. The third kappa shape index (κ3) is 14.9. The van der Waals surface area contributed by atoms with Crippen LogP contribution in [0.4, 0.5) is 0 Å². The number of aliphatic hydroxyl groups is 1. The van der Waals surface area contributed by atoms with Gasteiger partial charge in [-0.2, -0.15) is 0 Å². The molecule has 0 saturated carbocycles. The largest absolute Gasteiger partial charge is 0.469 e. The summed E-state index contributed by atoms with van der Waals surface area (Å²) in [5.41, 5.74) is 2.27. The topological polar surface area (TPSA) is 279 Å². The van der Waals surface area contributed by atoms with Gasteiger partial charge in [0.25, 0.3) is 0 Å². The van der Waals surface area contributed by atoms with Crippen LogP contribution < -0.4 is 21.3 Å². The maximum absolute atomic E-state index is 13.9. The van der Waals surface area contributed by atoms with E-state index in [-0.39, 0.29) is 37.6 Å². The molecule has 2 aromatic rings. The van der Waals surface area contributed by atoms with Gasteiger partial charge in [0.2, 0.25) is 29.5 Å². The summed E-state index contributed by atoms with van der Waals surface area (Å²) in [5.74, 6) is -4.55. The summed E-state index contributed by atoms with van der Waals surface area (Å²) in [6, 6.07) is 2.90. The number of ether oxygens (including phenoxy) is 1. The van der Waals surface area contributed by atoms with Gasteiger partial charge < -0.3 is 50.8 Å². The van der Waals surface area contributed by atoms with Gasteiger partial charge in [0, 0.05) is 38.2 Å². The molecule has 57 heavy (non-hydrogen) atoms. The number of rotatable bonds is 22. The molecule has 3 rings (SSSR count). The minimum Gasteiger partial charge on any atom is -0.394 e. The molecule has 1 fully saturated rings. The van der Waals surface area contributed by atoms with E-state index in [2.05, 4.69) is 42.3 Å². The molecule has 1 saturated heterocycles. The van der Waals surface area contributed by atoms with Gasteiger partial charge in [-0.15, -0.1) is 0 Å². The lowest BCUT2D eigenvalue weighted by atomic mass is 10.0. The van der Waals surface area contributed by atoms with Gasteiger partial charge in [0.05, 0.1) is 31.7 Å². The van der Waals surface area contributed by atoms with Gasteiger partial charge in [0.1, 0.15) is 30.2 Å². The van der Waals surface area contributed by atoms with Gasteiger partial charge in [-0.1, -0.05) is 50.8 Å². The van der Waals surface area contributed by atoms with Crippen molar-refractivity contribution in [3.63, 3.8) is 0 Å². The number of likely N-dealkylation sites (tertiary alicyclic amines) is 1. The van der Waals surface area contributed by atoms with Crippen LogP contribution in [0.15, 0.2) is 49.4 Å². The Morgan fingerprint density at radius 2 is 1.60 bits per heavy atom. The number of amides is 5. The lowest BCUT2D eigenvalue weighted by molar-refractivity contribution is -0.139. The first-order valence-corrected chi connectivity index (χ1v) is 20.0. The minimum absolute atomic E-state index is 0.115. The van der Waals surface area contributed by atoms with E-state index in [0.29, 0.717) is 18.7 Å². The van der Waals surface area contributed by atoms with Crippen molar-refractivity contribution in [1.82, 2.24) is 36.1 Å². The van der Waals surface area contributed by atoms with Gasteiger partial charge in [-0.25, -0.2) is 9.55 Å². The molecule has 0 bridgehead atoms. The average molecular weight is 820 g/mol. The first-order valence-electron chi connectivity index (χ1n) is 18.5. The number of benzene rings is 1. The molecule has 0 aliphatic carbocycles. The Morgan fingerprint density at radius 3 is 2.16 bits per heavy atom. The number of hydrogen-bond acceptors (Lipinski definition) is 11. The molecular formula is C37H54N7O12P. The SMILES string of the molecule is C=C(CCOC1C[C@@H](C(=O)N[C@@H](CC(C)C)C(=O)N[C@@H](Cc2cnc[nH]2)C(=O)N[C@@H](CO)C(=O)N[C@H](C(C)=O)[C@@H](C)OP(=O)(O)O)N(C(C)=O)C1)c1ccccc1. The van der Waals surface area contributed by atoms with Crippen molar-refractivity contribution >= 4 is 48.7 Å². The monoisotopic (exact) mass is 819 g/mol. The number of nitrogens with one attached hydrogen (secondary N) is 5. The van der Waals surface area contributed by atoms with E-state index in [1.807, 2.05) is 44.2 Å². The predicted octanol–water partition coefficient (Wildman–Crippen LogP) is 0.126. The highest BCUT2D eigenvalue weighted by Crippen LogP contribution is 2.38. The summed E-state index contributed by atoms with van der Waals surface area (Å²) in [6.45, 7) is 10.8. The van der Waals surface area contributed by atoms with E-state index < -0.39 is 86.3 Å². The highest BCUT2D eigenvalue weighted by Gasteiger charge is 2.41. The van der Waals surface area contributed by atoms with Crippen LogP contribution in [0, 0.1) is 5.92 Å². The van der Waals surface area contributed by atoms with Crippen molar-refractivity contribution in [2.75, 3.05) is 19.8 Å². The Balaban J connectivity index is 1.73. The number of nitrogens with zero attached hydrogens (tertiary/aromatic N) is 2. The molecule has 1 aliphatic heterocycles.